The molecule has 8 heteroatoms. The maximum Gasteiger partial charge on any atom is 0.363 e. The van der Waals surface area contributed by atoms with E-state index < -0.39 is 11.9 Å². The first-order valence-corrected chi connectivity index (χ1v) is 8.17. The van der Waals surface area contributed by atoms with E-state index in [1.165, 1.54) is 0 Å². The number of primary amides is 1. The average Bonchev–Trinajstić information content (AvgIpc) is 2.94. The van der Waals surface area contributed by atoms with Crippen LogP contribution in [0.5, 0.6) is 5.75 Å². The molecule has 0 bridgehead atoms. The van der Waals surface area contributed by atoms with E-state index in [1.807, 2.05) is 0 Å². The van der Waals surface area contributed by atoms with Crippen molar-refractivity contribution in [1.29, 1.82) is 0 Å². The van der Waals surface area contributed by atoms with Crippen LogP contribution in [0.4, 0.5) is 0 Å². The minimum Gasteiger partial charge on any atom is -0.484 e. The third-order valence-electron chi connectivity index (χ3n) is 3.35. The lowest BCUT2D eigenvalue weighted by Crippen LogP contribution is -2.19. The lowest BCUT2D eigenvalue weighted by atomic mass is 10.2. The number of ether oxygens (including phenoxy) is 2. The van der Waals surface area contributed by atoms with Crippen molar-refractivity contribution in [2.24, 2.45) is 10.7 Å². The SMILES string of the molecule is NC(=O)COc1ccc(/C=C2\N=C(c3ccc(Cl)cc3Cl)OC2=O)cc1. The molecule has 0 aromatic heterocycles. The number of rotatable bonds is 5. The standard InChI is InChI=1S/C18H12Cl2N2O4/c19-11-3-6-13(14(20)8-11)17-22-15(18(24)26-17)7-10-1-4-12(5-2-10)25-9-16(21)23/h1-8H,9H2,(H2,21,23)/b15-7-. The number of hydrogen-bond acceptors (Lipinski definition) is 5. The van der Waals surface area contributed by atoms with Gasteiger partial charge in [-0.05, 0) is 42.0 Å². The number of benzene rings is 2. The third-order valence-corrected chi connectivity index (χ3v) is 3.89. The summed E-state index contributed by atoms with van der Waals surface area (Å²) >= 11 is 12.0. The molecule has 2 aromatic carbocycles. The Morgan fingerprint density at radius 3 is 2.58 bits per heavy atom. The van der Waals surface area contributed by atoms with E-state index in [-0.39, 0.29) is 18.2 Å². The van der Waals surface area contributed by atoms with Gasteiger partial charge in [-0.3, -0.25) is 4.79 Å². The van der Waals surface area contributed by atoms with E-state index in [0.29, 0.717) is 26.9 Å². The zero-order valence-electron chi connectivity index (χ0n) is 13.2. The molecule has 1 heterocycles. The van der Waals surface area contributed by atoms with Crippen LogP contribution in [0.1, 0.15) is 11.1 Å². The molecule has 1 aliphatic rings. The summed E-state index contributed by atoms with van der Waals surface area (Å²) in [6.07, 6.45) is 1.57. The van der Waals surface area contributed by atoms with Crippen molar-refractivity contribution in [2.75, 3.05) is 6.61 Å². The highest BCUT2D eigenvalue weighted by Gasteiger charge is 2.25. The normalized spacial score (nSPS) is 14.9. The van der Waals surface area contributed by atoms with Gasteiger partial charge in [0.2, 0.25) is 5.90 Å². The van der Waals surface area contributed by atoms with E-state index in [1.54, 1.807) is 48.5 Å². The maximum atomic E-state index is 12.0. The van der Waals surface area contributed by atoms with Crippen molar-refractivity contribution in [3.05, 3.63) is 69.3 Å². The maximum absolute atomic E-state index is 12.0. The van der Waals surface area contributed by atoms with Crippen molar-refractivity contribution < 1.29 is 19.1 Å². The fourth-order valence-electron chi connectivity index (χ4n) is 2.16. The van der Waals surface area contributed by atoms with Gasteiger partial charge in [-0.15, -0.1) is 0 Å². The van der Waals surface area contributed by atoms with E-state index in [9.17, 15) is 9.59 Å². The molecule has 132 valence electrons. The first-order chi connectivity index (χ1) is 12.4. The second kappa shape index (κ2) is 7.59. The molecule has 1 amide bonds. The number of carbonyl (C=O) groups excluding carboxylic acids is 2. The number of aliphatic imine (C=N–C) groups is 1. The van der Waals surface area contributed by atoms with E-state index in [4.69, 9.17) is 38.4 Å². The van der Waals surface area contributed by atoms with E-state index in [0.717, 1.165) is 0 Å². The average molecular weight is 391 g/mol. The molecule has 0 aliphatic carbocycles. The number of nitrogens with zero attached hydrogens (tertiary/aromatic N) is 1. The van der Waals surface area contributed by atoms with Crippen molar-refractivity contribution in [2.45, 2.75) is 0 Å². The Morgan fingerprint density at radius 1 is 1.19 bits per heavy atom. The van der Waals surface area contributed by atoms with Crippen LogP contribution >= 0.6 is 23.2 Å². The Hall–Kier alpha value is -2.83. The first kappa shape index (κ1) is 18.0. The topological polar surface area (TPSA) is 91.0 Å². The van der Waals surface area contributed by atoms with Gasteiger partial charge in [-0.1, -0.05) is 35.3 Å². The summed E-state index contributed by atoms with van der Waals surface area (Å²) in [6, 6.07) is 11.5. The minimum absolute atomic E-state index is 0.115. The quantitative estimate of drug-likeness (QED) is 0.626. The third kappa shape index (κ3) is 4.22. The molecule has 0 saturated carbocycles. The second-order valence-corrected chi connectivity index (χ2v) is 6.13. The van der Waals surface area contributed by atoms with Crippen molar-refractivity contribution >= 4 is 47.1 Å². The van der Waals surface area contributed by atoms with Crippen molar-refractivity contribution in [3.63, 3.8) is 0 Å². The van der Waals surface area contributed by atoms with Crippen LogP contribution < -0.4 is 10.5 Å². The van der Waals surface area contributed by atoms with Crippen LogP contribution in [-0.2, 0) is 14.3 Å². The number of hydrogen-bond donors (Lipinski definition) is 1. The Balaban J connectivity index is 1.81. The smallest absolute Gasteiger partial charge is 0.363 e. The van der Waals surface area contributed by atoms with Gasteiger partial charge in [0.1, 0.15) is 5.75 Å². The monoisotopic (exact) mass is 390 g/mol. The molecule has 0 fully saturated rings. The van der Waals surface area contributed by atoms with Crippen LogP contribution in [0.2, 0.25) is 10.0 Å². The molecule has 1 aliphatic heterocycles. The molecule has 0 radical (unpaired) electrons. The highest BCUT2D eigenvalue weighted by atomic mass is 35.5. The summed E-state index contributed by atoms with van der Waals surface area (Å²) in [6.45, 7) is -0.206. The van der Waals surface area contributed by atoms with Gasteiger partial charge < -0.3 is 15.2 Å². The summed E-state index contributed by atoms with van der Waals surface area (Å²) in [5, 5.41) is 0.805. The van der Waals surface area contributed by atoms with Gasteiger partial charge in [0.15, 0.2) is 12.3 Å². The van der Waals surface area contributed by atoms with E-state index in [2.05, 4.69) is 4.99 Å². The summed E-state index contributed by atoms with van der Waals surface area (Å²) in [5.41, 5.74) is 6.33. The Morgan fingerprint density at radius 2 is 1.92 bits per heavy atom. The van der Waals surface area contributed by atoms with Gasteiger partial charge in [0.25, 0.3) is 5.91 Å². The zero-order chi connectivity index (χ0) is 18.7. The summed E-state index contributed by atoms with van der Waals surface area (Å²) in [4.78, 5) is 26.9. The van der Waals surface area contributed by atoms with E-state index >= 15 is 0 Å². The van der Waals surface area contributed by atoms with Gasteiger partial charge in [-0.2, -0.15) is 0 Å². The van der Waals surface area contributed by atoms with Crippen LogP contribution in [0.25, 0.3) is 6.08 Å². The van der Waals surface area contributed by atoms with Gasteiger partial charge >= 0.3 is 5.97 Å². The number of amides is 1. The summed E-state index contributed by atoms with van der Waals surface area (Å²) < 4.78 is 10.4. The van der Waals surface area contributed by atoms with Gasteiger partial charge in [0.05, 0.1) is 10.6 Å². The largest absolute Gasteiger partial charge is 0.484 e. The van der Waals surface area contributed by atoms with Gasteiger partial charge in [-0.25, -0.2) is 9.79 Å². The molecular weight excluding hydrogens is 379 g/mol. The van der Waals surface area contributed by atoms with Crippen molar-refractivity contribution in [1.82, 2.24) is 0 Å². The van der Waals surface area contributed by atoms with Gasteiger partial charge in [0, 0.05) is 5.02 Å². The van der Waals surface area contributed by atoms with Crippen LogP contribution in [0.15, 0.2) is 53.2 Å². The molecule has 0 saturated heterocycles. The molecule has 0 unspecified atom stereocenters. The minimum atomic E-state index is -0.583. The Bertz CT molecular complexity index is 937. The Kier molecular flexibility index (Phi) is 5.25. The molecule has 26 heavy (non-hydrogen) atoms. The lowest BCUT2D eigenvalue weighted by Gasteiger charge is -2.03. The Labute approximate surface area is 158 Å². The highest BCUT2D eigenvalue weighted by Crippen LogP contribution is 2.26. The van der Waals surface area contributed by atoms with Crippen molar-refractivity contribution in [3.8, 4) is 5.75 Å². The number of cyclic esters (lactones) is 1. The lowest BCUT2D eigenvalue weighted by molar-refractivity contribution is -0.130. The molecule has 2 N–H and O–H groups in total. The fraction of sp³-hybridized carbons (Fsp3) is 0.0556. The zero-order valence-corrected chi connectivity index (χ0v) is 14.8. The first-order valence-electron chi connectivity index (χ1n) is 7.41. The second-order valence-electron chi connectivity index (χ2n) is 5.28. The molecule has 3 rings (SSSR count). The summed E-state index contributed by atoms with van der Waals surface area (Å²) in [5.74, 6) is -0.547. The number of nitrogens with two attached hydrogens (primary N) is 1. The highest BCUT2D eigenvalue weighted by molar-refractivity contribution is 6.37. The molecule has 0 spiro atoms. The van der Waals surface area contributed by atoms with Crippen LogP contribution in [0.3, 0.4) is 0 Å². The predicted molar refractivity (Wildman–Crippen MR) is 98.2 cm³/mol. The summed E-state index contributed by atoms with van der Waals surface area (Å²) in [7, 11) is 0. The molecular formula is C18H12Cl2N2O4. The van der Waals surface area contributed by atoms with Crippen LogP contribution in [-0.4, -0.2) is 24.4 Å². The fourth-order valence-corrected chi connectivity index (χ4v) is 2.65. The predicted octanol–water partition coefficient (Wildman–Crippen LogP) is 3.20. The number of esters is 1. The molecule has 6 nitrogen and oxygen atoms in total. The molecule has 2 aromatic rings. The number of halogens is 2. The van der Waals surface area contributed by atoms with Crippen LogP contribution in [0, 0.1) is 0 Å². The number of carbonyl (C=O) groups is 2. The molecule has 0 atom stereocenters.